The van der Waals surface area contributed by atoms with Crippen molar-refractivity contribution in [2.45, 2.75) is 0 Å². The summed E-state index contributed by atoms with van der Waals surface area (Å²) in [6.45, 7) is 0. The summed E-state index contributed by atoms with van der Waals surface area (Å²) in [7, 11) is 1.59. The van der Waals surface area contributed by atoms with Gasteiger partial charge in [0.25, 0.3) is 0 Å². The molecule has 6 heteroatoms. The molecule has 0 bridgehead atoms. The highest BCUT2D eigenvalue weighted by Gasteiger charge is 2.18. The number of hydrogen-bond donors (Lipinski definition) is 0. The maximum Gasteiger partial charge on any atom is 0.214 e. The third-order valence-corrected chi connectivity index (χ3v) is 6.36. The van der Waals surface area contributed by atoms with Gasteiger partial charge in [-0.25, -0.2) is 0 Å². The fourth-order valence-electron chi connectivity index (χ4n) is 1.13. The first kappa shape index (κ1) is 12.3. The van der Waals surface area contributed by atoms with Gasteiger partial charge in [0.2, 0.25) is 5.78 Å². The van der Waals surface area contributed by atoms with E-state index in [1.54, 1.807) is 13.2 Å². The highest BCUT2D eigenvalue weighted by molar-refractivity contribution is 9.13. The van der Waals surface area contributed by atoms with Gasteiger partial charge in [-0.1, -0.05) is 0 Å². The predicted octanol–water partition coefficient (Wildman–Crippen LogP) is 4.57. The minimum atomic E-state index is 0.0240. The lowest BCUT2D eigenvalue weighted by atomic mass is 10.3. The van der Waals surface area contributed by atoms with Gasteiger partial charge in [-0.05, 0) is 31.9 Å². The average molecular weight is 382 g/mol. The summed E-state index contributed by atoms with van der Waals surface area (Å²) < 4.78 is 6.78. The molecule has 0 saturated heterocycles. The van der Waals surface area contributed by atoms with E-state index in [1.807, 2.05) is 10.8 Å². The van der Waals surface area contributed by atoms with Crippen LogP contribution in [0.2, 0.25) is 0 Å². The number of rotatable bonds is 3. The van der Waals surface area contributed by atoms with Gasteiger partial charge in [0.05, 0.1) is 21.3 Å². The molecule has 0 spiro atoms. The summed E-state index contributed by atoms with van der Waals surface area (Å²) in [6.07, 6.45) is 0. The van der Waals surface area contributed by atoms with Crippen LogP contribution in [-0.2, 0) is 0 Å². The van der Waals surface area contributed by atoms with Crippen LogP contribution in [0, 0.1) is 0 Å². The summed E-state index contributed by atoms with van der Waals surface area (Å²) in [4.78, 5) is 13.5. The third kappa shape index (κ3) is 2.25. The zero-order valence-electron chi connectivity index (χ0n) is 8.12. The van der Waals surface area contributed by atoms with Crippen LogP contribution in [0.25, 0.3) is 0 Å². The highest BCUT2D eigenvalue weighted by Crippen LogP contribution is 2.35. The Kier molecular flexibility index (Phi) is 3.84. The lowest BCUT2D eigenvalue weighted by molar-refractivity contribution is 0.104. The lowest BCUT2D eigenvalue weighted by Gasteiger charge is -1.95. The Balaban J connectivity index is 2.35. The first-order valence-corrected chi connectivity index (χ1v) is 7.57. The summed E-state index contributed by atoms with van der Waals surface area (Å²) in [6, 6.07) is 1.76. The maximum absolute atomic E-state index is 12.1. The van der Waals surface area contributed by atoms with Crippen LogP contribution in [0.4, 0.5) is 0 Å². The molecule has 2 rings (SSSR count). The van der Waals surface area contributed by atoms with Crippen molar-refractivity contribution in [3.63, 3.8) is 0 Å². The number of carbonyl (C=O) groups is 1. The molecule has 16 heavy (non-hydrogen) atoms. The first-order chi connectivity index (χ1) is 7.63. The molecule has 0 aromatic carbocycles. The number of thiophene rings is 2. The highest BCUT2D eigenvalue weighted by atomic mass is 79.9. The van der Waals surface area contributed by atoms with Crippen LogP contribution in [0.1, 0.15) is 14.5 Å². The van der Waals surface area contributed by atoms with E-state index in [1.165, 1.54) is 22.7 Å². The van der Waals surface area contributed by atoms with Gasteiger partial charge < -0.3 is 4.74 Å². The molecule has 0 aliphatic carbocycles. The number of hydrogen-bond acceptors (Lipinski definition) is 4. The first-order valence-electron chi connectivity index (χ1n) is 4.23. The van der Waals surface area contributed by atoms with Crippen LogP contribution in [-0.4, -0.2) is 12.9 Å². The normalized spacial score (nSPS) is 10.4. The van der Waals surface area contributed by atoms with Gasteiger partial charge in [0.15, 0.2) is 0 Å². The van der Waals surface area contributed by atoms with E-state index < -0.39 is 0 Å². The van der Waals surface area contributed by atoms with E-state index in [2.05, 4.69) is 31.9 Å². The summed E-state index contributed by atoms with van der Waals surface area (Å²) in [5, 5.41) is 3.71. The van der Waals surface area contributed by atoms with Crippen molar-refractivity contribution in [3.05, 3.63) is 35.5 Å². The van der Waals surface area contributed by atoms with Crippen LogP contribution >= 0.6 is 54.5 Å². The Hall–Kier alpha value is -0.170. The minimum absolute atomic E-state index is 0.0240. The topological polar surface area (TPSA) is 26.3 Å². The quantitative estimate of drug-likeness (QED) is 0.727. The van der Waals surface area contributed by atoms with Crippen LogP contribution < -0.4 is 4.74 Å². The molecular formula is C10H6Br2O2S2. The summed E-state index contributed by atoms with van der Waals surface area (Å²) in [5.41, 5.74) is 0. The lowest BCUT2D eigenvalue weighted by Crippen LogP contribution is -1.95. The standard InChI is InChI=1S/C10H6Br2O2S2/c1-14-5-2-7(15-3-5)9(13)10-8(12)6(11)4-16-10/h2-4H,1H3. The third-order valence-electron chi connectivity index (χ3n) is 1.93. The smallest absolute Gasteiger partial charge is 0.214 e. The van der Waals surface area contributed by atoms with Gasteiger partial charge in [0, 0.05) is 21.3 Å². The Labute approximate surface area is 118 Å². The summed E-state index contributed by atoms with van der Waals surface area (Å²) in [5.74, 6) is 0.746. The van der Waals surface area contributed by atoms with E-state index >= 15 is 0 Å². The zero-order chi connectivity index (χ0) is 11.7. The predicted molar refractivity (Wildman–Crippen MR) is 74.0 cm³/mol. The van der Waals surface area contributed by atoms with Gasteiger partial charge in [0.1, 0.15) is 5.75 Å². The second-order valence-corrected chi connectivity index (χ2v) is 6.34. The Morgan fingerprint density at radius 2 is 2.06 bits per heavy atom. The fourth-order valence-corrected chi connectivity index (χ4v) is 4.10. The number of halogens is 2. The molecule has 0 atom stereocenters. The van der Waals surface area contributed by atoms with Crippen molar-refractivity contribution in [1.82, 2.24) is 0 Å². The number of ether oxygens (including phenoxy) is 1. The van der Waals surface area contributed by atoms with Crippen molar-refractivity contribution in [1.29, 1.82) is 0 Å². The van der Waals surface area contributed by atoms with Gasteiger partial charge in [-0.3, -0.25) is 4.79 Å². The van der Waals surface area contributed by atoms with Gasteiger partial charge in [-0.2, -0.15) is 0 Å². The fraction of sp³-hybridized carbons (Fsp3) is 0.100. The molecule has 0 saturated carbocycles. The monoisotopic (exact) mass is 380 g/mol. The molecule has 0 radical (unpaired) electrons. The van der Waals surface area contributed by atoms with Crippen molar-refractivity contribution in [2.24, 2.45) is 0 Å². The molecule has 2 nitrogen and oxygen atoms in total. The van der Waals surface area contributed by atoms with Crippen molar-refractivity contribution >= 4 is 60.3 Å². The van der Waals surface area contributed by atoms with Gasteiger partial charge in [-0.15, -0.1) is 22.7 Å². The van der Waals surface area contributed by atoms with E-state index in [0.717, 1.165) is 14.7 Å². The molecule has 2 heterocycles. The molecule has 0 amide bonds. The van der Waals surface area contributed by atoms with Crippen molar-refractivity contribution in [3.8, 4) is 5.75 Å². The van der Waals surface area contributed by atoms with Crippen LogP contribution in [0.5, 0.6) is 5.75 Å². The molecule has 0 unspecified atom stereocenters. The van der Waals surface area contributed by atoms with Crippen LogP contribution in [0.15, 0.2) is 25.8 Å². The van der Waals surface area contributed by atoms with Crippen molar-refractivity contribution < 1.29 is 9.53 Å². The summed E-state index contributed by atoms with van der Waals surface area (Å²) >= 11 is 9.56. The molecule has 0 fully saturated rings. The number of ketones is 1. The molecule has 0 N–H and O–H groups in total. The largest absolute Gasteiger partial charge is 0.496 e. The van der Waals surface area contributed by atoms with E-state index in [9.17, 15) is 4.79 Å². The number of carbonyl (C=O) groups excluding carboxylic acids is 1. The van der Waals surface area contributed by atoms with Crippen molar-refractivity contribution in [2.75, 3.05) is 7.11 Å². The Morgan fingerprint density at radius 1 is 1.31 bits per heavy atom. The van der Waals surface area contributed by atoms with E-state index in [-0.39, 0.29) is 5.78 Å². The Bertz CT molecular complexity index is 531. The van der Waals surface area contributed by atoms with Gasteiger partial charge >= 0.3 is 0 Å². The van der Waals surface area contributed by atoms with E-state index in [0.29, 0.717) is 9.75 Å². The molecule has 0 aliphatic heterocycles. The SMILES string of the molecule is COc1csc(C(=O)c2scc(Br)c2Br)c1. The minimum Gasteiger partial charge on any atom is -0.496 e. The van der Waals surface area contributed by atoms with E-state index in [4.69, 9.17) is 4.74 Å². The Morgan fingerprint density at radius 3 is 2.56 bits per heavy atom. The second kappa shape index (κ2) is 5.00. The maximum atomic E-state index is 12.1. The molecule has 2 aromatic heterocycles. The molecule has 0 aliphatic rings. The van der Waals surface area contributed by atoms with Crippen LogP contribution in [0.3, 0.4) is 0 Å². The second-order valence-electron chi connectivity index (χ2n) is 2.91. The average Bonchev–Trinajstić information content (AvgIpc) is 2.87. The zero-order valence-corrected chi connectivity index (χ0v) is 12.9. The number of methoxy groups -OCH3 is 1. The molecule has 84 valence electrons. The molecular weight excluding hydrogens is 376 g/mol. The molecule has 2 aromatic rings.